The smallest absolute Gasteiger partial charge is 0.475 e. The molecule has 0 bridgehead atoms. The SMILES string of the molecule is NCCOCCOCCNC(=O)c1cc(Sc2ccccc2)c2cc(Br)ccc2n1.O=C(O)C(F)(F)F. The van der Waals surface area contributed by atoms with Crippen molar-refractivity contribution in [2.75, 3.05) is 39.5 Å². The third-order valence-corrected chi connectivity index (χ3v) is 5.90. The Morgan fingerprint density at radius 2 is 1.68 bits per heavy atom. The number of halogens is 4. The molecule has 0 atom stereocenters. The average molecular weight is 604 g/mol. The van der Waals surface area contributed by atoms with E-state index in [1.807, 2.05) is 54.6 Å². The van der Waals surface area contributed by atoms with Gasteiger partial charge in [0.05, 0.1) is 31.9 Å². The molecule has 0 fully saturated rings. The van der Waals surface area contributed by atoms with Gasteiger partial charge in [-0.25, -0.2) is 9.78 Å². The van der Waals surface area contributed by atoms with Crippen molar-refractivity contribution in [2.45, 2.75) is 16.0 Å². The molecule has 2 aromatic carbocycles. The number of rotatable bonds is 11. The van der Waals surface area contributed by atoms with Crippen LogP contribution < -0.4 is 11.1 Å². The van der Waals surface area contributed by atoms with Crippen molar-refractivity contribution in [1.29, 1.82) is 0 Å². The molecule has 3 rings (SSSR count). The van der Waals surface area contributed by atoms with Crippen LogP contribution >= 0.6 is 27.7 Å². The standard InChI is InChI=1S/C22H24BrN3O3S.C2HF3O2/c23-16-6-7-19-18(14-16)21(30-17-4-2-1-3-5-17)15-20(26-19)22(27)25-9-11-29-13-12-28-10-8-24;3-2(4,5)1(6)7/h1-7,14-15H,8-13,24H2,(H,25,27);(H,6,7). The van der Waals surface area contributed by atoms with Crippen LogP contribution in [-0.2, 0) is 14.3 Å². The van der Waals surface area contributed by atoms with E-state index in [4.69, 9.17) is 25.1 Å². The highest BCUT2D eigenvalue weighted by Crippen LogP contribution is 2.34. The third kappa shape index (κ3) is 11.1. The number of nitrogens with zero attached hydrogens (tertiary/aromatic N) is 1. The summed E-state index contributed by atoms with van der Waals surface area (Å²) in [6.07, 6.45) is -5.08. The lowest BCUT2D eigenvalue weighted by molar-refractivity contribution is -0.192. The second-order valence-corrected chi connectivity index (χ2v) is 9.19. The van der Waals surface area contributed by atoms with E-state index in [1.54, 1.807) is 11.8 Å². The maximum absolute atomic E-state index is 12.6. The zero-order valence-corrected chi connectivity index (χ0v) is 21.9. The molecule has 0 spiro atoms. The fourth-order valence-corrected chi connectivity index (χ4v) is 4.07. The lowest BCUT2D eigenvalue weighted by atomic mass is 10.2. The average Bonchev–Trinajstić information content (AvgIpc) is 2.86. The Kier molecular flexibility index (Phi) is 12.8. The molecule has 3 aromatic rings. The first-order valence-corrected chi connectivity index (χ1v) is 12.5. The van der Waals surface area contributed by atoms with E-state index < -0.39 is 12.1 Å². The van der Waals surface area contributed by atoms with E-state index in [0.717, 1.165) is 25.2 Å². The van der Waals surface area contributed by atoms with Crippen molar-refractivity contribution in [3.05, 3.63) is 64.8 Å². The number of aliphatic carboxylic acids is 1. The fourth-order valence-electron chi connectivity index (χ4n) is 2.72. The molecule has 1 heterocycles. The number of fused-ring (bicyclic) bond motifs is 1. The van der Waals surface area contributed by atoms with Crippen molar-refractivity contribution in [1.82, 2.24) is 10.3 Å². The van der Waals surface area contributed by atoms with Gasteiger partial charge in [0.25, 0.3) is 5.91 Å². The molecule has 0 saturated heterocycles. The topological polar surface area (TPSA) is 124 Å². The van der Waals surface area contributed by atoms with Crippen molar-refractivity contribution >= 4 is 50.5 Å². The summed E-state index contributed by atoms with van der Waals surface area (Å²) in [4.78, 5) is 28.2. The Labute approximate surface area is 223 Å². The number of nitrogens with one attached hydrogen (secondary N) is 1. The first-order chi connectivity index (χ1) is 17.6. The number of carbonyl (C=O) groups is 2. The van der Waals surface area contributed by atoms with E-state index in [9.17, 15) is 18.0 Å². The summed E-state index contributed by atoms with van der Waals surface area (Å²) in [5, 5.41) is 11.0. The first kappa shape index (κ1) is 30.5. The van der Waals surface area contributed by atoms with Crippen molar-refractivity contribution < 1.29 is 37.3 Å². The zero-order chi connectivity index (χ0) is 27.3. The predicted octanol–water partition coefficient (Wildman–Crippen LogP) is 4.50. The van der Waals surface area contributed by atoms with Crippen LogP contribution in [-0.4, -0.2) is 67.7 Å². The van der Waals surface area contributed by atoms with E-state index in [2.05, 4.69) is 26.2 Å². The molecule has 0 aliphatic rings. The molecule has 0 aliphatic carbocycles. The van der Waals surface area contributed by atoms with Gasteiger partial charge in [0.2, 0.25) is 0 Å². The molecule has 1 aromatic heterocycles. The van der Waals surface area contributed by atoms with Gasteiger partial charge in [-0.15, -0.1) is 0 Å². The first-order valence-electron chi connectivity index (χ1n) is 10.9. The number of benzene rings is 2. The third-order valence-electron chi connectivity index (χ3n) is 4.35. The van der Waals surface area contributed by atoms with Gasteiger partial charge in [-0.3, -0.25) is 4.79 Å². The van der Waals surface area contributed by atoms with Gasteiger partial charge in [-0.1, -0.05) is 45.9 Å². The number of pyridine rings is 1. The number of carbonyl (C=O) groups excluding carboxylic acids is 1. The minimum absolute atomic E-state index is 0.224. The van der Waals surface area contributed by atoms with Crippen LogP contribution in [0.15, 0.2) is 68.9 Å². The molecule has 37 heavy (non-hydrogen) atoms. The number of aromatic nitrogens is 1. The summed E-state index contributed by atoms with van der Waals surface area (Å²) in [5.41, 5.74) is 6.51. The molecule has 0 aliphatic heterocycles. The van der Waals surface area contributed by atoms with Crippen LogP contribution in [0.4, 0.5) is 13.2 Å². The minimum Gasteiger partial charge on any atom is -0.475 e. The number of hydrogen-bond donors (Lipinski definition) is 3. The van der Waals surface area contributed by atoms with Gasteiger partial charge in [-0.2, -0.15) is 13.2 Å². The van der Waals surface area contributed by atoms with Crippen LogP contribution in [0.1, 0.15) is 10.5 Å². The molecule has 0 unspecified atom stereocenters. The Hall–Kier alpha value is -2.71. The van der Waals surface area contributed by atoms with Crippen LogP contribution in [0.5, 0.6) is 0 Å². The normalized spacial score (nSPS) is 11.1. The number of alkyl halides is 3. The molecule has 4 N–H and O–H groups in total. The zero-order valence-electron chi connectivity index (χ0n) is 19.5. The molecule has 0 saturated carbocycles. The quantitative estimate of drug-likeness (QED) is 0.274. The highest BCUT2D eigenvalue weighted by molar-refractivity contribution is 9.10. The van der Waals surface area contributed by atoms with E-state index in [0.29, 0.717) is 45.2 Å². The summed E-state index contributed by atoms with van der Waals surface area (Å²) >= 11 is 5.13. The Bertz CT molecular complexity index is 1170. The van der Waals surface area contributed by atoms with Gasteiger partial charge in [0, 0.05) is 32.7 Å². The Morgan fingerprint density at radius 3 is 2.30 bits per heavy atom. The van der Waals surface area contributed by atoms with Gasteiger partial charge < -0.3 is 25.6 Å². The van der Waals surface area contributed by atoms with Crippen LogP contribution in [0, 0.1) is 0 Å². The van der Waals surface area contributed by atoms with E-state index in [1.165, 1.54) is 0 Å². The van der Waals surface area contributed by atoms with Gasteiger partial charge >= 0.3 is 12.1 Å². The number of amides is 1. The van der Waals surface area contributed by atoms with Crippen molar-refractivity contribution in [3.63, 3.8) is 0 Å². The van der Waals surface area contributed by atoms with E-state index >= 15 is 0 Å². The monoisotopic (exact) mass is 603 g/mol. The summed E-state index contributed by atoms with van der Waals surface area (Å²) in [6.45, 7) is 2.79. The summed E-state index contributed by atoms with van der Waals surface area (Å²) < 4.78 is 43.4. The second-order valence-electron chi connectivity index (χ2n) is 7.15. The Balaban J connectivity index is 0.000000604. The van der Waals surface area contributed by atoms with Crippen molar-refractivity contribution in [2.24, 2.45) is 5.73 Å². The molecule has 0 radical (unpaired) electrons. The molecule has 200 valence electrons. The summed E-state index contributed by atoms with van der Waals surface area (Å²) in [5.74, 6) is -2.98. The number of carboxylic acid groups (broad SMARTS) is 1. The summed E-state index contributed by atoms with van der Waals surface area (Å²) in [7, 11) is 0. The molecule has 1 amide bonds. The van der Waals surface area contributed by atoms with Crippen LogP contribution in [0.3, 0.4) is 0 Å². The lowest BCUT2D eigenvalue weighted by Gasteiger charge is -2.11. The van der Waals surface area contributed by atoms with Crippen LogP contribution in [0.25, 0.3) is 10.9 Å². The lowest BCUT2D eigenvalue weighted by Crippen LogP contribution is -2.28. The number of carboxylic acids is 1. The van der Waals surface area contributed by atoms with Gasteiger partial charge in [-0.05, 0) is 36.4 Å². The number of nitrogens with two attached hydrogens (primary N) is 1. The largest absolute Gasteiger partial charge is 0.490 e. The van der Waals surface area contributed by atoms with Gasteiger partial charge in [0.1, 0.15) is 5.69 Å². The maximum Gasteiger partial charge on any atom is 0.490 e. The van der Waals surface area contributed by atoms with Crippen molar-refractivity contribution in [3.8, 4) is 0 Å². The Morgan fingerprint density at radius 1 is 1.03 bits per heavy atom. The highest BCUT2D eigenvalue weighted by Gasteiger charge is 2.38. The number of hydrogen-bond acceptors (Lipinski definition) is 7. The molecule has 8 nitrogen and oxygen atoms in total. The van der Waals surface area contributed by atoms with Gasteiger partial charge in [0.15, 0.2) is 0 Å². The minimum atomic E-state index is -5.08. The summed E-state index contributed by atoms with van der Waals surface area (Å²) in [6, 6.07) is 17.8. The number of ether oxygens (including phenoxy) is 2. The van der Waals surface area contributed by atoms with Crippen LogP contribution in [0.2, 0.25) is 0 Å². The molecular formula is C24H25BrF3N3O5S. The second kappa shape index (κ2) is 15.5. The maximum atomic E-state index is 12.6. The van der Waals surface area contributed by atoms with E-state index in [-0.39, 0.29) is 5.91 Å². The molecular weight excluding hydrogens is 579 g/mol. The molecule has 13 heteroatoms. The predicted molar refractivity (Wildman–Crippen MR) is 137 cm³/mol. The highest BCUT2D eigenvalue weighted by atomic mass is 79.9. The fraction of sp³-hybridized carbons (Fsp3) is 0.292.